The van der Waals surface area contributed by atoms with Crippen LogP contribution in [-0.2, 0) is 4.79 Å². The van der Waals surface area contributed by atoms with Crippen molar-refractivity contribution in [3.63, 3.8) is 0 Å². The van der Waals surface area contributed by atoms with Gasteiger partial charge >= 0.3 is 11.7 Å². The number of rotatable bonds is 8. The number of benzene rings is 1. The summed E-state index contributed by atoms with van der Waals surface area (Å²) in [5.41, 5.74) is 0.491. The highest BCUT2D eigenvalue weighted by Crippen LogP contribution is 2.31. The lowest BCUT2D eigenvalue weighted by molar-refractivity contribution is -0.385. The maximum Gasteiger partial charge on any atom is 0.311 e. The largest absolute Gasteiger partial charge is 0.487 e. The van der Waals surface area contributed by atoms with E-state index < -0.39 is 10.9 Å². The van der Waals surface area contributed by atoms with E-state index in [2.05, 4.69) is 5.32 Å². The highest BCUT2D eigenvalue weighted by molar-refractivity contribution is 5.68. The fourth-order valence-corrected chi connectivity index (χ4v) is 1.88. The van der Waals surface area contributed by atoms with Crippen LogP contribution in [0.15, 0.2) is 18.2 Å². The van der Waals surface area contributed by atoms with Crippen molar-refractivity contribution in [2.45, 2.75) is 33.2 Å². The molecule has 116 valence electrons. The topological polar surface area (TPSA) is 102 Å². The average Bonchev–Trinajstić information content (AvgIpc) is 2.37. The van der Waals surface area contributed by atoms with Gasteiger partial charge in [-0.3, -0.25) is 14.9 Å². The van der Waals surface area contributed by atoms with Gasteiger partial charge in [0.15, 0.2) is 5.75 Å². The second-order valence-electron chi connectivity index (χ2n) is 4.97. The number of hydrogen-bond donors (Lipinski definition) is 2. The zero-order chi connectivity index (χ0) is 16.0. The van der Waals surface area contributed by atoms with Gasteiger partial charge in [-0.2, -0.15) is 0 Å². The Morgan fingerprint density at radius 1 is 1.48 bits per heavy atom. The molecule has 0 aliphatic heterocycles. The minimum atomic E-state index is -0.895. The van der Waals surface area contributed by atoms with Crippen molar-refractivity contribution >= 4 is 17.3 Å². The van der Waals surface area contributed by atoms with Crippen LogP contribution in [0.25, 0.3) is 0 Å². The Morgan fingerprint density at radius 3 is 2.62 bits per heavy atom. The molecule has 0 amide bonds. The normalized spacial score (nSPS) is 12.0. The summed E-state index contributed by atoms with van der Waals surface area (Å²) >= 11 is 0. The van der Waals surface area contributed by atoms with Gasteiger partial charge in [0.1, 0.15) is 0 Å². The average molecular weight is 296 g/mol. The first-order chi connectivity index (χ1) is 9.85. The van der Waals surface area contributed by atoms with Crippen molar-refractivity contribution in [3.05, 3.63) is 28.3 Å². The lowest BCUT2D eigenvalue weighted by Crippen LogP contribution is -2.28. The van der Waals surface area contributed by atoms with E-state index in [1.54, 1.807) is 13.0 Å². The number of anilines is 1. The molecule has 7 heteroatoms. The summed E-state index contributed by atoms with van der Waals surface area (Å²) in [5, 5.41) is 22.9. The SMILES string of the molecule is CCOc1cc(NC(CC(=O)O)C(C)C)ccc1[N+](=O)[O-]. The molecule has 0 bridgehead atoms. The van der Waals surface area contributed by atoms with Crippen molar-refractivity contribution in [1.29, 1.82) is 0 Å². The molecule has 0 aliphatic carbocycles. The van der Waals surface area contributed by atoms with Gasteiger partial charge in [0.25, 0.3) is 0 Å². The molecule has 0 radical (unpaired) electrons. The molecule has 0 aliphatic rings. The fourth-order valence-electron chi connectivity index (χ4n) is 1.88. The van der Waals surface area contributed by atoms with Crippen LogP contribution in [0.3, 0.4) is 0 Å². The summed E-state index contributed by atoms with van der Waals surface area (Å²) in [6, 6.07) is 4.17. The third kappa shape index (κ3) is 4.94. The van der Waals surface area contributed by atoms with Gasteiger partial charge in [-0.1, -0.05) is 13.8 Å². The number of carboxylic acid groups (broad SMARTS) is 1. The van der Waals surface area contributed by atoms with E-state index in [4.69, 9.17) is 9.84 Å². The number of aliphatic carboxylic acids is 1. The first-order valence-corrected chi connectivity index (χ1v) is 6.74. The molecule has 7 nitrogen and oxygen atoms in total. The Balaban J connectivity index is 2.99. The monoisotopic (exact) mass is 296 g/mol. The molecule has 1 aromatic rings. The van der Waals surface area contributed by atoms with Gasteiger partial charge in [0, 0.05) is 23.9 Å². The first kappa shape index (κ1) is 16.7. The van der Waals surface area contributed by atoms with E-state index in [1.807, 2.05) is 13.8 Å². The number of nitro groups is 1. The molecule has 0 saturated heterocycles. The Hall–Kier alpha value is -2.31. The highest BCUT2D eigenvalue weighted by Gasteiger charge is 2.20. The molecule has 1 atom stereocenters. The summed E-state index contributed by atoms with van der Waals surface area (Å²) < 4.78 is 5.26. The predicted octanol–water partition coefficient (Wildman–Crippen LogP) is 2.90. The van der Waals surface area contributed by atoms with Crippen molar-refractivity contribution in [2.75, 3.05) is 11.9 Å². The lowest BCUT2D eigenvalue weighted by atomic mass is 10.0. The molecular formula is C14H20N2O5. The third-order valence-electron chi connectivity index (χ3n) is 3.01. The van der Waals surface area contributed by atoms with Crippen LogP contribution in [0.5, 0.6) is 5.75 Å². The lowest BCUT2D eigenvalue weighted by Gasteiger charge is -2.22. The van der Waals surface area contributed by atoms with Crippen molar-refractivity contribution < 1.29 is 19.6 Å². The quantitative estimate of drug-likeness (QED) is 0.565. The molecule has 21 heavy (non-hydrogen) atoms. The Bertz CT molecular complexity index is 516. The van der Waals surface area contributed by atoms with Crippen LogP contribution in [-0.4, -0.2) is 28.6 Å². The van der Waals surface area contributed by atoms with Crippen LogP contribution >= 0.6 is 0 Å². The number of carboxylic acids is 1. The van der Waals surface area contributed by atoms with E-state index in [-0.39, 0.29) is 29.8 Å². The van der Waals surface area contributed by atoms with Gasteiger partial charge < -0.3 is 15.2 Å². The maximum absolute atomic E-state index is 10.9. The minimum Gasteiger partial charge on any atom is -0.487 e. The minimum absolute atomic E-state index is 0.0291. The molecule has 1 unspecified atom stereocenters. The van der Waals surface area contributed by atoms with Crippen LogP contribution in [0.2, 0.25) is 0 Å². The standard InChI is InChI=1S/C14H20N2O5/c1-4-21-13-7-10(5-6-12(13)16(19)20)15-11(9(2)3)8-14(17)18/h5-7,9,11,15H,4,8H2,1-3H3,(H,17,18). The molecule has 1 rings (SSSR count). The zero-order valence-electron chi connectivity index (χ0n) is 12.3. The molecule has 0 heterocycles. The first-order valence-electron chi connectivity index (χ1n) is 6.74. The second-order valence-corrected chi connectivity index (χ2v) is 4.97. The van der Waals surface area contributed by atoms with E-state index in [0.29, 0.717) is 12.3 Å². The Kier molecular flexibility index (Phi) is 5.95. The number of hydrogen-bond acceptors (Lipinski definition) is 5. The molecule has 0 saturated carbocycles. The summed E-state index contributed by atoms with van der Waals surface area (Å²) in [7, 11) is 0. The summed E-state index contributed by atoms with van der Waals surface area (Å²) in [6.07, 6.45) is -0.0291. The van der Waals surface area contributed by atoms with E-state index >= 15 is 0 Å². The molecule has 1 aromatic carbocycles. The Labute approximate surface area is 123 Å². The van der Waals surface area contributed by atoms with Crippen LogP contribution in [0, 0.1) is 16.0 Å². The van der Waals surface area contributed by atoms with Gasteiger partial charge in [-0.05, 0) is 18.9 Å². The van der Waals surface area contributed by atoms with Gasteiger partial charge in [-0.25, -0.2) is 0 Å². The number of nitrogens with one attached hydrogen (secondary N) is 1. The Morgan fingerprint density at radius 2 is 2.14 bits per heavy atom. The molecule has 0 fully saturated rings. The van der Waals surface area contributed by atoms with Gasteiger partial charge in [0.2, 0.25) is 0 Å². The predicted molar refractivity (Wildman–Crippen MR) is 78.8 cm³/mol. The second kappa shape index (κ2) is 7.47. The van der Waals surface area contributed by atoms with Crippen LogP contribution < -0.4 is 10.1 Å². The van der Waals surface area contributed by atoms with Crippen molar-refractivity contribution in [2.24, 2.45) is 5.92 Å². The van der Waals surface area contributed by atoms with E-state index in [9.17, 15) is 14.9 Å². The third-order valence-corrected chi connectivity index (χ3v) is 3.01. The zero-order valence-corrected chi connectivity index (χ0v) is 12.3. The molecule has 0 spiro atoms. The van der Waals surface area contributed by atoms with Crippen molar-refractivity contribution in [3.8, 4) is 5.75 Å². The fraction of sp³-hybridized carbons (Fsp3) is 0.500. The molecule has 0 aromatic heterocycles. The van der Waals surface area contributed by atoms with Gasteiger partial charge in [-0.15, -0.1) is 0 Å². The number of nitrogens with zero attached hydrogens (tertiary/aromatic N) is 1. The number of carbonyl (C=O) groups is 1. The molecular weight excluding hydrogens is 276 g/mol. The van der Waals surface area contributed by atoms with Crippen LogP contribution in [0.1, 0.15) is 27.2 Å². The highest BCUT2D eigenvalue weighted by atomic mass is 16.6. The van der Waals surface area contributed by atoms with Crippen molar-refractivity contribution in [1.82, 2.24) is 0 Å². The summed E-state index contributed by atoms with van der Waals surface area (Å²) in [5.74, 6) is -0.620. The number of nitro benzene ring substituents is 1. The van der Waals surface area contributed by atoms with E-state index in [0.717, 1.165) is 0 Å². The maximum atomic E-state index is 10.9. The summed E-state index contributed by atoms with van der Waals surface area (Å²) in [6.45, 7) is 5.88. The smallest absolute Gasteiger partial charge is 0.311 e. The number of ether oxygens (including phenoxy) is 1. The van der Waals surface area contributed by atoms with Gasteiger partial charge in [0.05, 0.1) is 18.0 Å². The van der Waals surface area contributed by atoms with E-state index in [1.165, 1.54) is 12.1 Å². The summed E-state index contributed by atoms with van der Waals surface area (Å²) in [4.78, 5) is 21.3. The molecule has 2 N–H and O–H groups in total. The van der Waals surface area contributed by atoms with Crippen LogP contribution in [0.4, 0.5) is 11.4 Å².